The molecule has 5 rings (SSSR count). The molecule has 1 atom stereocenters. The van der Waals surface area contributed by atoms with E-state index in [0.717, 1.165) is 16.6 Å². The summed E-state index contributed by atoms with van der Waals surface area (Å²) in [5.41, 5.74) is 3.81. The van der Waals surface area contributed by atoms with E-state index in [4.69, 9.17) is 9.15 Å². The Bertz CT molecular complexity index is 1410. The number of aliphatic hydroxyl groups excluding tert-OH is 1. The van der Waals surface area contributed by atoms with Gasteiger partial charge >= 0.3 is 5.91 Å². The van der Waals surface area contributed by atoms with E-state index in [2.05, 4.69) is 9.97 Å². The number of ketones is 1. The summed E-state index contributed by atoms with van der Waals surface area (Å²) < 4.78 is 11.1. The van der Waals surface area contributed by atoms with Crippen molar-refractivity contribution < 1.29 is 23.8 Å². The minimum absolute atomic E-state index is 0.0820. The van der Waals surface area contributed by atoms with E-state index in [9.17, 15) is 14.7 Å². The van der Waals surface area contributed by atoms with Crippen molar-refractivity contribution in [1.29, 1.82) is 0 Å². The van der Waals surface area contributed by atoms with E-state index >= 15 is 0 Å². The molecule has 3 heterocycles. The Hall–Kier alpha value is -4.33. The molecule has 2 aromatic carbocycles. The highest BCUT2D eigenvalue weighted by molar-refractivity contribution is 6.51. The number of rotatable bonds is 5. The first-order valence-electron chi connectivity index (χ1n) is 10.9. The number of benzene rings is 2. The predicted molar refractivity (Wildman–Crippen MR) is 127 cm³/mol. The Morgan fingerprint density at radius 2 is 1.94 bits per heavy atom. The quantitative estimate of drug-likeness (QED) is 0.253. The molecule has 0 aliphatic carbocycles. The van der Waals surface area contributed by atoms with Gasteiger partial charge in [0.2, 0.25) is 5.95 Å². The minimum Gasteiger partial charge on any atom is -0.507 e. The van der Waals surface area contributed by atoms with Crippen LogP contribution in [-0.4, -0.2) is 33.4 Å². The van der Waals surface area contributed by atoms with Crippen molar-refractivity contribution in [2.24, 2.45) is 0 Å². The van der Waals surface area contributed by atoms with Crippen molar-refractivity contribution in [3.05, 3.63) is 82.8 Å². The Balaban J connectivity index is 1.68. The van der Waals surface area contributed by atoms with Crippen LogP contribution in [0.2, 0.25) is 0 Å². The van der Waals surface area contributed by atoms with Gasteiger partial charge in [0, 0.05) is 5.56 Å². The lowest BCUT2D eigenvalue weighted by molar-refractivity contribution is -0.132. The van der Waals surface area contributed by atoms with Gasteiger partial charge in [0.25, 0.3) is 5.78 Å². The van der Waals surface area contributed by atoms with Crippen LogP contribution in [0.15, 0.2) is 64.8 Å². The predicted octanol–water partition coefficient (Wildman–Crippen LogP) is 4.80. The fourth-order valence-corrected chi connectivity index (χ4v) is 4.19. The molecule has 0 bridgehead atoms. The standard InChI is InChI=1S/C26H23N3O5/c1-4-33-17-8-5-7-16(13-17)23(30)21-22(20-9-6-10-34-20)29(25(32)24(21)31)26-27-18-11-14(2)15(3)12-19(18)28-26/h5-13,22,30H,4H2,1-3H3,(H,27,28)/b23-21+. The molecule has 1 aliphatic heterocycles. The van der Waals surface area contributed by atoms with Gasteiger partial charge < -0.3 is 19.2 Å². The zero-order chi connectivity index (χ0) is 24.0. The summed E-state index contributed by atoms with van der Waals surface area (Å²) in [5, 5.41) is 11.2. The van der Waals surface area contributed by atoms with Gasteiger partial charge in [0.05, 0.1) is 29.5 Å². The van der Waals surface area contributed by atoms with Crippen molar-refractivity contribution in [2.75, 3.05) is 11.5 Å². The number of nitrogens with one attached hydrogen (secondary N) is 1. The number of carbonyl (C=O) groups excluding carboxylic acids is 2. The smallest absolute Gasteiger partial charge is 0.302 e. The van der Waals surface area contributed by atoms with Crippen LogP contribution < -0.4 is 9.64 Å². The number of anilines is 1. The van der Waals surface area contributed by atoms with Gasteiger partial charge in [-0.1, -0.05) is 12.1 Å². The third-order valence-corrected chi connectivity index (χ3v) is 5.99. The molecular weight excluding hydrogens is 434 g/mol. The van der Waals surface area contributed by atoms with Gasteiger partial charge in [-0.15, -0.1) is 0 Å². The average molecular weight is 457 g/mol. The van der Waals surface area contributed by atoms with Crippen LogP contribution in [0.3, 0.4) is 0 Å². The summed E-state index contributed by atoms with van der Waals surface area (Å²) in [5.74, 6) is -0.880. The van der Waals surface area contributed by atoms with Gasteiger partial charge in [-0.2, -0.15) is 0 Å². The normalized spacial score (nSPS) is 17.6. The summed E-state index contributed by atoms with van der Waals surface area (Å²) in [4.78, 5) is 35.4. The minimum atomic E-state index is -0.992. The van der Waals surface area contributed by atoms with Crippen molar-refractivity contribution in [2.45, 2.75) is 26.8 Å². The highest BCUT2D eigenvalue weighted by atomic mass is 16.5. The maximum atomic E-state index is 13.2. The van der Waals surface area contributed by atoms with E-state index in [1.54, 1.807) is 36.4 Å². The second-order valence-electron chi connectivity index (χ2n) is 8.16. The number of furan rings is 1. The Labute approximate surface area is 195 Å². The number of nitrogens with zero attached hydrogens (tertiary/aromatic N) is 2. The van der Waals surface area contributed by atoms with Gasteiger partial charge in [0.1, 0.15) is 23.3 Å². The first-order valence-corrected chi connectivity index (χ1v) is 10.9. The molecular formula is C26H23N3O5. The Morgan fingerprint density at radius 1 is 1.15 bits per heavy atom. The number of amides is 1. The van der Waals surface area contributed by atoms with E-state index in [-0.39, 0.29) is 17.3 Å². The number of aliphatic hydroxyl groups is 1. The summed E-state index contributed by atoms with van der Waals surface area (Å²) in [6.07, 6.45) is 1.45. The van der Waals surface area contributed by atoms with Gasteiger partial charge in [0.15, 0.2) is 0 Å². The van der Waals surface area contributed by atoms with E-state index in [0.29, 0.717) is 29.2 Å². The molecule has 1 fully saturated rings. The van der Waals surface area contributed by atoms with Gasteiger partial charge in [-0.25, -0.2) is 4.98 Å². The van der Waals surface area contributed by atoms with E-state index in [1.807, 2.05) is 32.9 Å². The molecule has 0 saturated carbocycles. The summed E-state index contributed by atoms with van der Waals surface area (Å²) in [7, 11) is 0. The summed E-state index contributed by atoms with van der Waals surface area (Å²) in [6.45, 7) is 6.27. The largest absolute Gasteiger partial charge is 0.507 e. The Kier molecular flexibility index (Phi) is 5.20. The SMILES string of the molecule is CCOc1cccc(/C(O)=C2\C(=O)C(=O)N(c3nc4cc(C)c(C)cc4[nH]3)C2c2ccco2)c1. The number of imidazole rings is 1. The number of aromatic amines is 1. The number of carbonyl (C=O) groups is 2. The number of ether oxygens (including phenoxy) is 1. The molecule has 0 spiro atoms. The second kappa shape index (κ2) is 8.22. The zero-order valence-corrected chi connectivity index (χ0v) is 19.0. The third-order valence-electron chi connectivity index (χ3n) is 5.99. The molecule has 8 nitrogen and oxygen atoms in total. The van der Waals surface area contributed by atoms with Gasteiger partial charge in [-0.3, -0.25) is 14.5 Å². The van der Waals surface area contributed by atoms with Crippen molar-refractivity contribution >= 4 is 34.4 Å². The number of aryl methyl sites for hydroxylation is 2. The van der Waals surface area contributed by atoms with Crippen LogP contribution in [0.25, 0.3) is 16.8 Å². The number of aromatic nitrogens is 2. The fraction of sp³-hybridized carbons (Fsp3) is 0.192. The van der Waals surface area contributed by atoms with Crippen molar-refractivity contribution in [3.8, 4) is 5.75 Å². The first-order chi connectivity index (χ1) is 16.4. The highest BCUT2D eigenvalue weighted by Crippen LogP contribution is 2.42. The number of fused-ring (bicyclic) bond motifs is 1. The topological polar surface area (TPSA) is 109 Å². The molecule has 0 radical (unpaired) electrons. The maximum absolute atomic E-state index is 13.2. The second-order valence-corrected chi connectivity index (χ2v) is 8.16. The van der Waals surface area contributed by atoms with Crippen LogP contribution in [0.4, 0.5) is 5.95 Å². The first kappa shape index (κ1) is 21.5. The molecule has 1 amide bonds. The Morgan fingerprint density at radius 3 is 2.68 bits per heavy atom. The van der Waals surface area contributed by atoms with Crippen LogP contribution in [0.5, 0.6) is 5.75 Å². The van der Waals surface area contributed by atoms with E-state index < -0.39 is 17.7 Å². The van der Waals surface area contributed by atoms with Crippen LogP contribution >= 0.6 is 0 Å². The number of Topliss-reactive ketones (excluding diaryl/α,β-unsaturated/α-hetero) is 1. The monoisotopic (exact) mass is 457 g/mol. The van der Waals surface area contributed by atoms with Crippen molar-refractivity contribution in [3.63, 3.8) is 0 Å². The number of hydrogen-bond donors (Lipinski definition) is 2. The van der Waals surface area contributed by atoms with Crippen LogP contribution in [-0.2, 0) is 9.59 Å². The average Bonchev–Trinajstić information content (AvgIpc) is 3.53. The molecule has 34 heavy (non-hydrogen) atoms. The summed E-state index contributed by atoms with van der Waals surface area (Å²) in [6, 6.07) is 12.9. The number of H-pyrrole nitrogens is 1. The molecule has 172 valence electrons. The van der Waals surface area contributed by atoms with Crippen molar-refractivity contribution in [1.82, 2.24) is 9.97 Å². The summed E-state index contributed by atoms with van der Waals surface area (Å²) >= 11 is 0. The molecule has 2 N–H and O–H groups in total. The molecule has 8 heteroatoms. The lowest BCUT2D eigenvalue weighted by Crippen LogP contribution is -2.30. The van der Waals surface area contributed by atoms with Crippen LogP contribution in [0.1, 0.15) is 35.4 Å². The molecule has 1 unspecified atom stereocenters. The third kappa shape index (κ3) is 3.44. The lowest BCUT2D eigenvalue weighted by atomic mass is 9.99. The zero-order valence-electron chi connectivity index (χ0n) is 19.0. The molecule has 1 saturated heterocycles. The number of hydrogen-bond acceptors (Lipinski definition) is 6. The molecule has 1 aliphatic rings. The lowest BCUT2D eigenvalue weighted by Gasteiger charge is -2.20. The van der Waals surface area contributed by atoms with Gasteiger partial charge in [-0.05, 0) is 68.3 Å². The van der Waals surface area contributed by atoms with Crippen LogP contribution in [0, 0.1) is 13.8 Å². The maximum Gasteiger partial charge on any atom is 0.302 e. The molecule has 4 aromatic rings. The molecule has 2 aromatic heterocycles. The highest BCUT2D eigenvalue weighted by Gasteiger charge is 2.49. The van der Waals surface area contributed by atoms with E-state index in [1.165, 1.54) is 11.2 Å². The fourth-order valence-electron chi connectivity index (χ4n) is 4.19.